The molecule has 1 saturated heterocycles. The number of benzene rings is 1. The molecule has 1 aromatic carbocycles. The van der Waals surface area contributed by atoms with Gasteiger partial charge in [-0.15, -0.1) is 0 Å². The summed E-state index contributed by atoms with van der Waals surface area (Å²) in [5.41, 5.74) is 1.69. The number of hydrogen-bond acceptors (Lipinski definition) is 5. The van der Waals surface area contributed by atoms with Gasteiger partial charge in [0.2, 0.25) is 5.91 Å². The monoisotopic (exact) mass is 426 g/mol. The minimum absolute atomic E-state index is 0.0345. The van der Waals surface area contributed by atoms with Crippen molar-refractivity contribution in [2.45, 2.75) is 46.6 Å². The molecule has 6 nitrogen and oxygen atoms in total. The highest BCUT2D eigenvalue weighted by atomic mass is 32.2. The first-order valence-corrected chi connectivity index (χ1v) is 11.9. The lowest BCUT2D eigenvalue weighted by molar-refractivity contribution is -0.131. The van der Waals surface area contributed by atoms with Gasteiger partial charge in [0, 0.05) is 18.7 Å². The molecule has 0 saturated carbocycles. The number of amidine groups is 2. The maximum absolute atomic E-state index is 13.2. The molecule has 3 aliphatic rings. The number of nitrogens with zero attached hydrogens (tertiary/aromatic N) is 4. The van der Waals surface area contributed by atoms with E-state index in [2.05, 4.69) is 27.7 Å². The molecule has 0 N–H and O–H groups in total. The van der Waals surface area contributed by atoms with Gasteiger partial charge in [-0.3, -0.25) is 14.6 Å². The molecule has 30 heavy (non-hydrogen) atoms. The van der Waals surface area contributed by atoms with Crippen molar-refractivity contribution in [3.8, 4) is 0 Å². The molecule has 4 rings (SSSR count). The summed E-state index contributed by atoms with van der Waals surface area (Å²) >= 11 is 1.35. The Balaban J connectivity index is 1.56. The zero-order valence-corrected chi connectivity index (χ0v) is 19.0. The van der Waals surface area contributed by atoms with Crippen molar-refractivity contribution in [1.82, 2.24) is 9.80 Å². The van der Waals surface area contributed by atoms with Crippen LogP contribution in [0.2, 0.25) is 0 Å². The van der Waals surface area contributed by atoms with Gasteiger partial charge in [-0.1, -0.05) is 58.0 Å². The Hall–Kier alpha value is -2.15. The average Bonchev–Trinajstić information content (AvgIpc) is 3.08. The summed E-state index contributed by atoms with van der Waals surface area (Å²) in [5, 5.41) is 0.565. The van der Waals surface area contributed by atoms with Gasteiger partial charge in [0.25, 0.3) is 5.91 Å². The predicted octanol–water partition coefficient (Wildman–Crippen LogP) is 3.93. The molecule has 0 aliphatic carbocycles. The van der Waals surface area contributed by atoms with Crippen molar-refractivity contribution in [1.29, 1.82) is 0 Å². The van der Waals surface area contributed by atoms with Gasteiger partial charge in [-0.2, -0.15) is 0 Å². The second-order valence-electron chi connectivity index (χ2n) is 8.90. The van der Waals surface area contributed by atoms with E-state index in [4.69, 9.17) is 9.98 Å². The SMILES string of the molecule is CCC(C)C1N=C2c3ccccc3N=C(SCC(=O)N3CC(C)CC(C)C3)N2C1=O. The quantitative estimate of drug-likeness (QED) is 0.733. The van der Waals surface area contributed by atoms with E-state index in [1.165, 1.54) is 18.2 Å². The molecule has 1 fully saturated rings. The molecule has 160 valence electrons. The number of carbonyl (C=O) groups excluding carboxylic acids is 2. The smallest absolute Gasteiger partial charge is 0.259 e. The standard InChI is InChI=1S/C23H30N4O2S/c1-5-16(4)20-22(29)27-21(25-20)17-8-6-7-9-18(17)24-23(27)30-13-19(28)26-11-14(2)10-15(3)12-26/h6-9,14-16,20H,5,10-13H2,1-4H3. The maximum Gasteiger partial charge on any atom is 0.259 e. The first-order valence-electron chi connectivity index (χ1n) is 10.9. The topological polar surface area (TPSA) is 65.3 Å². The summed E-state index contributed by atoms with van der Waals surface area (Å²) in [7, 11) is 0. The highest BCUT2D eigenvalue weighted by Gasteiger charge is 2.43. The van der Waals surface area contributed by atoms with E-state index in [1.54, 1.807) is 4.90 Å². The molecule has 4 unspecified atom stereocenters. The second-order valence-corrected chi connectivity index (χ2v) is 9.84. The molecule has 0 radical (unpaired) electrons. The first-order chi connectivity index (χ1) is 14.4. The molecule has 2 amide bonds. The minimum atomic E-state index is -0.388. The fourth-order valence-corrected chi connectivity index (χ4v) is 5.45. The van der Waals surface area contributed by atoms with Crippen LogP contribution in [0.1, 0.15) is 46.1 Å². The van der Waals surface area contributed by atoms with Crippen LogP contribution in [0.4, 0.5) is 5.69 Å². The van der Waals surface area contributed by atoms with Crippen LogP contribution in [-0.4, -0.2) is 57.5 Å². The van der Waals surface area contributed by atoms with Gasteiger partial charge in [0.05, 0.1) is 11.4 Å². The van der Waals surface area contributed by atoms with Crippen LogP contribution >= 0.6 is 11.8 Å². The van der Waals surface area contributed by atoms with Crippen LogP contribution < -0.4 is 0 Å². The van der Waals surface area contributed by atoms with Crippen LogP contribution in [0.3, 0.4) is 0 Å². The average molecular weight is 427 g/mol. The number of carbonyl (C=O) groups is 2. The number of rotatable bonds is 4. The number of likely N-dealkylation sites (tertiary alicyclic amines) is 1. The Bertz CT molecular complexity index is 902. The Morgan fingerprint density at radius 2 is 1.93 bits per heavy atom. The molecule has 0 spiro atoms. The van der Waals surface area contributed by atoms with Crippen LogP contribution in [0.5, 0.6) is 0 Å². The molecule has 1 aromatic rings. The number of fused-ring (bicyclic) bond motifs is 3. The van der Waals surface area contributed by atoms with Crippen LogP contribution in [-0.2, 0) is 9.59 Å². The number of hydrogen-bond donors (Lipinski definition) is 0. The van der Waals surface area contributed by atoms with E-state index in [9.17, 15) is 9.59 Å². The highest BCUT2D eigenvalue weighted by molar-refractivity contribution is 8.14. The molecule has 3 aliphatic heterocycles. The third-order valence-corrected chi connectivity index (χ3v) is 7.15. The maximum atomic E-state index is 13.2. The molecule has 0 aromatic heterocycles. The summed E-state index contributed by atoms with van der Waals surface area (Å²) in [6, 6.07) is 7.38. The highest BCUT2D eigenvalue weighted by Crippen LogP contribution is 2.35. The molecular formula is C23H30N4O2S. The van der Waals surface area contributed by atoms with Crippen molar-refractivity contribution in [3.05, 3.63) is 29.8 Å². The van der Waals surface area contributed by atoms with Gasteiger partial charge in [0.15, 0.2) is 5.17 Å². The lowest BCUT2D eigenvalue weighted by Crippen LogP contribution is -2.45. The first kappa shape index (κ1) is 21.1. The molecule has 7 heteroatoms. The number of amides is 2. The van der Waals surface area contributed by atoms with E-state index in [1.807, 2.05) is 29.2 Å². The largest absolute Gasteiger partial charge is 0.341 e. The number of thioether (sulfide) groups is 1. The third-order valence-electron chi connectivity index (χ3n) is 6.23. The lowest BCUT2D eigenvalue weighted by Gasteiger charge is -2.35. The van der Waals surface area contributed by atoms with Crippen molar-refractivity contribution in [3.63, 3.8) is 0 Å². The van der Waals surface area contributed by atoms with Gasteiger partial charge in [-0.25, -0.2) is 9.89 Å². The van der Waals surface area contributed by atoms with Gasteiger partial charge in [-0.05, 0) is 36.3 Å². The summed E-state index contributed by atoms with van der Waals surface area (Å²) in [5.74, 6) is 2.24. The van der Waals surface area contributed by atoms with Crippen molar-refractivity contribution < 1.29 is 9.59 Å². The van der Waals surface area contributed by atoms with Gasteiger partial charge >= 0.3 is 0 Å². The summed E-state index contributed by atoms with van der Waals surface area (Å²) in [4.78, 5) is 39.2. The second kappa shape index (κ2) is 8.53. The van der Waals surface area contributed by atoms with Crippen molar-refractivity contribution in [2.24, 2.45) is 27.7 Å². The zero-order chi connectivity index (χ0) is 21.4. The summed E-state index contributed by atoms with van der Waals surface area (Å²) in [6.45, 7) is 10.2. The van der Waals surface area contributed by atoms with Crippen LogP contribution in [0.25, 0.3) is 0 Å². The van der Waals surface area contributed by atoms with E-state index >= 15 is 0 Å². The Kier molecular flexibility index (Phi) is 6.00. The van der Waals surface area contributed by atoms with E-state index < -0.39 is 0 Å². The Morgan fingerprint density at radius 1 is 1.23 bits per heavy atom. The third kappa shape index (κ3) is 3.92. The Labute approximate surface area is 182 Å². The Morgan fingerprint density at radius 3 is 2.63 bits per heavy atom. The number of para-hydroxylation sites is 1. The number of piperidine rings is 1. The fraction of sp³-hybridized carbons (Fsp3) is 0.565. The lowest BCUT2D eigenvalue weighted by atomic mass is 9.92. The molecular weight excluding hydrogens is 396 g/mol. The molecule has 4 atom stereocenters. The van der Waals surface area contributed by atoms with Crippen LogP contribution in [0.15, 0.2) is 34.3 Å². The van der Waals surface area contributed by atoms with E-state index in [-0.39, 0.29) is 29.5 Å². The van der Waals surface area contributed by atoms with Gasteiger partial charge < -0.3 is 4.90 Å². The van der Waals surface area contributed by atoms with Crippen molar-refractivity contribution in [2.75, 3.05) is 18.8 Å². The van der Waals surface area contributed by atoms with E-state index in [0.717, 1.165) is 30.8 Å². The van der Waals surface area contributed by atoms with Crippen molar-refractivity contribution >= 4 is 40.3 Å². The minimum Gasteiger partial charge on any atom is -0.341 e. The number of aliphatic imine (C=N–C) groups is 2. The fourth-order valence-electron chi connectivity index (χ4n) is 4.54. The zero-order valence-electron chi connectivity index (χ0n) is 18.2. The summed E-state index contributed by atoms with van der Waals surface area (Å²) < 4.78 is 0. The van der Waals surface area contributed by atoms with Crippen LogP contribution in [0, 0.1) is 17.8 Å². The van der Waals surface area contributed by atoms with E-state index in [0.29, 0.717) is 22.8 Å². The summed E-state index contributed by atoms with van der Waals surface area (Å²) in [6.07, 6.45) is 2.05. The predicted molar refractivity (Wildman–Crippen MR) is 122 cm³/mol. The molecule has 0 bridgehead atoms. The molecule has 3 heterocycles. The van der Waals surface area contributed by atoms with Gasteiger partial charge in [0.1, 0.15) is 11.9 Å². The normalized spacial score (nSPS) is 26.7.